The van der Waals surface area contributed by atoms with Crippen LogP contribution in [0.4, 0.5) is 0 Å². The number of Topliss-reactive ketones (excluding diaryl/α,β-unsaturated/α-hetero) is 2. The van der Waals surface area contributed by atoms with Gasteiger partial charge in [0.15, 0.2) is 5.78 Å². The van der Waals surface area contributed by atoms with Crippen LogP contribution in [0.1, 0.15) is 61.3 Å². The summed E-state index contributed by atoms with van der Waals surface area (Å²) >= 11 is 1.33. The maximum atomic E-state index is 13.0. The Balaban J connectivity index is 0. The van der Waals surface area contributed by atoms with Gasteiger partial charge in [0.2, 0.25) is 65.0 Å². The maximum Gasteiger partial charge on any atom is 0.308 e. The summed E-state index contributed by atoms with van der Waals surface area (Å²) in [6.45, 7) is 4.31. The number of hydrogen-bond donors (Lipinski definition) is 1. The highest BCUT2D eigenvalue weighted by atomic mass is 32.2. The first kappa shape index (κ1) is 71.4. The number of esters is 1. The average Bonchev–Trinajstić information content (AvgIpc) is 3.32. The Hall–Kier alpha value is -6.67. The number of nitrogens with zero attached hydrogens (tertiary/aromatic N) is 10. The number of carbonyl (C=O) groups excluding carboxylic acids is 14. The lowest BCUT2D eigenvalue weighted by Gasteiger charge is -2.27. The van der Waals surface area contributed by atoms with E-state index in [9.17, 15) is 67.1 Å². The van der Waals surface area contributed by atoms with E-state index in [1.54, 1.807) is 34.6 Å². The molecular weight excluding hydrogens is 1010 g/mol. The van der Waals surface area contributed by atoms with E-state index in [0.717, 1.165) is 44.1 Å². The summed E-state index contributed by atoms with van der Waals surface area (Å²) in [5, 5.41) is 2.54. The van der Waals surface area contributed by atoms with Gasteiger partial charge in [0.1, 0.15) is 12.4 Å². The molecule has 0 unspecified atom stereocenters. The van der Waals surface area contributed by atoms with Crippen LogP contribution in [-0.4, -0.2) is 292 Å². The largest absolute Gasteiger partial charge is 0.465 e. The Morgan fingerprint density at radius 3 is 0.947 bits per heavy atom. The van der Waals surface area contributed by atoms with Crippen molar-refractivity contribution in [3.63, 3.8) is 0 Å². The summed E-state index contributed by atoms with van der Waals surface area (Å²) in [5.41, 5.74) is 0. The standard InChI is InChI=1S/C48H81N11O15S.CH4/c1-32(2)47(72)34(5)49-36(61)21-50(6)38(63)23-52(8)40(65)25-54(10)42(67)27-56(12)44(69)29-58(14)46(71)30-59(15)45(70)28-57(13)43(68)26-55(11)41(66)24-53(9)39(64)22-51(7)37(62)18-16-17-35(60)31-75-20-19-74-48(73)33(3)4;/h32-34H,16-31H2,1-15H3,(H,49,61);1H4/t34-;/m0./s1. The van der Waals surface area contributed by atoms with E-state index in [2.05, 4.69) is 5.32 Å². The number of nitrogens with one attached hydrogen (secondary N) is 1. The fourth-order valence-corrected chi connectivity index (χ4v) is 6.84. The van der Waals surface area contributed by atoms with Crippen molar-refractivity contribution < 1.29 is 71.9 Å². The first-order valence-corrected chi connectivity index (χ1v) is 25.3. The Bertz CT molecular complexity index is 2070. The Morgan fingerprint density at radius 2 is 0.671 bits per heavy atom. The minimum Gasteiger partial charge on any atom is -0.465 e. The van der Waals surface area contributed by atoms with Crippen LogP contribution in [-0.2, 0) is 71.9 Å². The van der Waals surface area contributed by atoms with Crippen molar-refractivity contribution in [3.05, 3.63) is 0 Å². The van der Waals surface area contributed by atoms with Crippen molar-refractivity contribution in [2.24, 2.45) is 11.8 Å². The number of ether oxygens (including phenoxy) is 1. The molecule has 27 heteroatoms. The minimum atomic E-state index is -0.739. The number of amides is 11. The molecule has 0 aliphatic rings. The van der Waals surface area contributed by atoms with Crippen LogP contribution < -0.4 is 5.32 Å². The summed E-state index contributed by atoms with van der Waals surface area (Å²) in [7, 11) is 13.4. The second-order valence-corrected chi connectivity index (χ2v) is 20.2. The van der Waals surface area contributed by atoms with Crippen LogP contribution in [0.25, 0.3) is 0 Å². The molecule has 0 aromatic rings. The third-order valence-electron chi connectivity index (χ3n) is 11.4. The highest BCUT2D eigenvalue weighted by molar-refractivity contribution is 7.99. The Morgan fingerprint density at radius 1 is 0.395 bits per heavy atom. The zero-order valence-corrected chi connectivity index (χ0v) is 47.4. The molecule has 0 aliphatic carbocycles. The van der Waals surface area contributed by atoms with Crippen molar-refractivity contribution in [2.75, 3.05) is 154 Å². The van der Waals surface area contributed by atoms with E-state index in [0.29, 0.717) is 5.75 Å². The monoisotopic (exact) mass is 1100 g/mol. The van der Waals surface area contributed by atoms with Gasteiger partial charge in [-0.2, -0.15) is 11.8 Å². The van der Waals surface area contributed by atoms with Gasteiger partial charge in [0.25, 0.3) is 0 Å². The number of likely N-dealkylation sites (N-methyl/N-ethyl adjacent to an activating group) is 10. The smallest absolute Gasteiger partial charge is 0.308 e. The Labute approximate surface area is 452 Å². The van der Waals surface area contributed by atoms with Gasteiger partial charge in [-0.3, -0.25) is 67.1 Å². The van der Waals surface area contributed by atoms with Gasteiger partial charge in [-0.25, -0.2) is 0 Å². The summed E-state index contributed by atoms with van der Waals surface area (Å²) in [6, 6.07) is -0.739. The van der Waals surface area contributed by atoms with E-state index >= 15 is 0 Å². The van der Waals surface area contributed by atoms with Gasteiger partial charge < -0.3 is 59.1 Å². The number of ketones is 2. The van der Waals surface area contributed by atoms with Gasteiger partial charge in [0.05, 0.1) is 83.2 Å². The van der Waals surface area contributed by atoms with Gasteiger partial charge in [-0.05, 0) is 13.3 Å². The molecule has 0 bridgehead atoms. The quantitative estimate of drug-likeness (QED) is 0.0530. The molecule has 0 rings (SSSR count). The molecule has 0 fully saturated rings. The van der Waals surface area contributed by atoms with E-state index in [1.807, 2.05) is 0 Å². The third-order valence-corrected chi connectivity index (χ3v) is 12.4. The molecule has 1 N–H and O–H groups in total. The molecule has 0 aromatic heterocycles. The zero-order valence-electron chi connectivity index (χ0n) is 46.5. The lowest BCUT2D eigenvalue weighted by Crippen LogP contribution is -2.49. The van der Waals surface area contributed by atoms with Crippen LogP contribution in [0.15, 0.2) is 0 Å². The van der Waals surface area contributed by atoms with Crippen molar-refractivity contribution in [1.82, 2.24) is 54.3 Å². The van der Waals surface area contributed by atoms with Crippen molar-refractivity contribution in [2.45, 2.75) is 67.3 Å². The van der Waals surface area contributed by atoms with Crippen LogP contribution in [0.3, 0.4) is 0 Å². The molecule has 0 aliphatic heterocycles. The molecule has 0 heterocycles. The lowest BCUT2D eigenvalue weighted by molar-refractivity contribution is -0.146. The normalized spacial score (nSPS) is 11.0. The minimum absolute atomic E-state index is 0. The second-order valence-electron chi connectivity index (χ2n) is 19.1. The SMILES string of the molecule is C.CC(C)C(=O)OCCSCC(=O)CCCC(=O)N(C)CC(=O)N(C)CC(=O)N(C)CC(=O)N(C)CC(=O)N(C)CC(=O)N(C)CC(=O)N(C)CC(=O)N(C)CC(=O)N(C)CC(=O)N(C)CC(=O)N[C@@H](C)C(=O)C(C)C. The van der Waals surface area contributed by atoms with Gasteiger partial charge in [-0.15, -0.1) is 0 Å². The number of hydrogen-bond acceptors (Lipinski definition) is 16. The molecule has 0 saturated carbocycles. The molecule has 432 valence electrons. The zero-order chi connectivity index (χ0) is 58.0. The van der Waals surface area contributed by atoms with Gasteiger partial charge >= 0.3 is 5.97 Å². The van der Waals surface area contributed by atoms with Crippen LogP contribution in [0.2, 0.25) is 0 Å². The predicted molar refractivity (Wildman–Crippen MR) is 283 cm³/mol. The van der Waals surface area contributed by atoms with Crippen molar-refractivity contribution in [3.8, 4) is 0 Å². The van der Waals surface area contributed by atoms with Gasteiger partial charge in [-0.1, -0.05) is 35.1 Å². The molecule has 0 radical (unpaired) electrons. The highest BCUT2D eigenvalue weighted by Crippen LogP contribution is 2.08. The summed E-state index contributed by atoms with van der Waals surface area (Å²) in [6.07, 6.45) is 0.473. The number of thioether (sulfide) groups is 1. The van der Waals surface area contributed by atoms with E-state index < -0.39 is 117 Å². The third kappa shape index (κ3) is 27.7. The molecule has 0 spiro atoms. The van der Waals surface area contributed by atoms with Crippen molar-refractivity contribution in [1.29, 1.82) is 0 Å². The fraction of sp³-hybridized carbons (Fsp3) is 0.714. The van der Waals surface area contributed by atoms with Gasteiger partial charge in [0, 0.05) is 95.0 Å². The van der Waals surface area contributed by atoms with Crippen LogP contribution >= 0.6 is 11.8 Å². The van der Waals surface area contributed by atoms with Crippen LogP contribution in [0.5, 0.6) is 0 Å². The van der Waals surface area contributed by atoms with E-state index in [1.165, 1.54) is 87.1 Å². The average molecular weight is 1100 g/mol. The van der Waals surface area contributed by atoms with Crippen LogP contribution in [0, 0.1) is 11.8 Å². The molecule has 11 amide bonds. The summed E-state index contributed by atoms with van der Waals surface area (Å²) in [4.78, 5) is 188. The number of carbonyl (C=O) groups is 14. The number of rotatable bonds is 33. The highest BCUT2D eigenvalue weighted by Gasteiger charge is 2.27. The first-order valence-electron chi connectivity index (χ1n) is 24.2. The second kappa shape index (κ2) is 35.6. The summed E-state index contributed by atoms with van der Waals surface area (Å²) < 4.78 is 5.07. The molecule has 0 aromatic carbocycles. The maximum absolute atomic E-state index is 13.0. The molecular formula is C49H85N11O15S. The van der Waals surface area contributed by atoms with Crippen molar-refractivity contribution >= 4 is 94.3 Å². The van der Waals surface area contributed by atoms with E-state index in [-0.39, 0.29) is 87.4 Å². The topological polar surface area (TPSA) is 293 Å². The molecule has 26 nitrogen and oxygen atoms in total. The van der Waals surface area contributed by atoms with E-state index in [4.69, 9.17) is 4.74 Å². The molecule has 76 heavy (non-hydrogen) atoms. The first-order chi connectivity index (χ1) is 34.7. The predicted octanol–water partition coefficient (Wildman–Crippen LogP) is -2.39. The molecule has 0 saturated heterocycles. The Kier molecular flexibility index (Phi) is 33.4. The lowest BCUT2D eigenvalue weighted by atomic mass is 10.0. The summed E-state index contributed by atoms with van der Waals surface area (Å²) in [5.74, 6) is -6.82. The molecule has 1 atom stereocenters. The fourth-order valence-electron chi connectivity index (χ4n) is 6.12.